The van der Waals surface area contributed by atoms with Gasteiger partial charge < -0.3 is 16.4 Å². The molecule has 6 heteroatoms. The largest absolute Gasteiger partial charge is 0.389 e. The fourth-order valence-corrected chi connectivity index (χ4v) is 1.68. The molecule has 0 spiro atoms. The second-order valence-electron chi connectivity index (χ2n) is 4.27. The van der Waals surface area contributed by atoms with Gasteiger partial charge in [-0.25, -0.2) is 4.98 Å². The summed E-state index contributed by atoms with van der Waals surface area (Å²) in [6, 6.07) is 3.63. The maximum absolute atomic E-state index is 11.4. The van der Waals surface area contributed by atoms with E-state index in [1.165, 1.54) is 0 Å². The molecule has 0 atom stereocenters. The number of aromatic nitrogens is 1. The number of carbonyl (C=O) groups excluding carboxylic acids is 1. The number of amides is 1. The summed E-state index contributed by atoms with van der Waals surface area (Å²) in [7, 11) is 0. The Morgan fingerprint density at radius 3 is 2.79 bits per heavy atom. The molecular formula is C13H20N4OS. The van der Waals surface area contributed by atoms with Gasteiger partial charge in [-0.3, -0.25) is 4.79 Å². The summed E-state index contributed by atoms with van der Waals surface area (Å²) in [6.07, 6.45) is 1.36. The summed E-state index contributed by atoms with van der Waals surface area (Å²) in [6.45, 7) is 5.14. The first kappa shape index (κ1) is 15.4. The molecule has 0 saturated heterocycles. The average molecular weight is 280 g/mol. The predicted molar refractivity (Wildman–Crippen MR) is 81.3 cm³/mol. The van der Waals surface area contributed by atoms with E-state index in [-0.39, 0.29) is 5.91 Å². The summed E-state index contributed by atoms with van der Waals surface area (Å²) >= 11 is 4.94. The molecule has 0 aliphatic carbocycles. The Morgan fingerprint density at radius 2 is 2.16 bits per heavy atom. The third-order valence-corrected chi connectivity index (χ3v) is 2.70. The van der Waals surface area contributed by atoms with Gasteiger partial charge in [0.15, 0.2) is 0 Å². The van der Waals surface area contributed by atoms with Gasteiger partial charge in [0.25, 0.3) is 0 Å². The van der Waals surface area contributed by atoms with Crippen LogP contribution in [-0.4, -0.2) is 29.0 Å². The summed E-state index contributed by atoms with van der Waals surface area (Å²) in [5, 5.41) is 5.92. The number of aryl methyl sites for hydroxylation is 1. The average Bonchev–Trinajstić information content (AvgIpc) is 2.35. The van der Waals surface area contributed by atoms with Crippen molar-refractivity contribution in [2.24, 2.45) is 5.73 Å². The standard InChI is InChI=1S/C13H20N4OS/c1-3-5-16-12(18)4-6-15-11-8-10(13(14)19)7-9(2)17-11/h7-8H,3-6H2,1-2H3,(H2,14,19)(H,15,17)(H,16,18). The number of pyridine rings is 1. The SMILES string of the molecule is CCCNC(=O)CCNc1cc(C(N)=S)cc(C)n1. The van der Waals surface area contributed by atoms with E-state index in [1.807, 2.05) is 19.9 Å². The molecule has 5 nitrogen and oxygen atoms in total. The number of nitrogens with one attached hydrogen (secondary N) is 2. The van der Waals surface area contributed by atoms with Gasteiger partial charge in [-0.2, -0.15) is 0 Å². The molecule has 0 saturated carbocycles. The lowest BCUT2D eigenvalue weighted by Gasteiger charge is -2.08. The summed E-state index contributed by atoms with van der Waals surface area (Å²) in [5.74, 6) is 0.725. The van der Waals surface area contributed by atoms with Gasteiger partial charge in [0.2, 0.25) is 5.91 Å². The highest BCUT2D eigenvalue weighted by atomic mass is 32.1. The van der Waals surface area contributed by atoms with Crippen LogP contribution in [0, 0.1) is 6.92 Å². The fraction of sp³-hybridized carbons (Fsp3) is 0.462. The van der Waals surface area contributed by atoms with Crippen LogP contribution in [0.15, 0.2) is 12.1 Å². The van der Waals surface area contributed by atoms with Crippen LogP contribution in [-0.2, 0) is 4.79 Å². The minimum atomic E-state index is 0.0385. The van der Waals surface area contributed by atoms with Crippen molar-refractivity contribution in [3.05, 3.63) is 23.4 Å². The maximum atomic E-state index is 11.4. The van der Waals surface area contributed by atoms with E-state index in [0.717, 1.165) is 17.7 Å². The molecule has 104 valence electrons. The molecule has 19 heavy (non-hydrogen) atoms. The molecule has 0 unspecified atom stereocenters. The second-order valence-corrected chi connectivity index (χ2v) is 4.71. The van der Waals surface area contributed by atoms with Crippen LogP contribution in [0.5, 0.6) is 0 Å². The molecule has 1 rings (SSSR count). The minimum absolute atomic E-state index is 0.0385. The van der Waals surface area contributed by atoms with Gasteiger partial charge in [-0.15, -0.1) is 0 Å². The van der Waals surface area contributed by atoms with Gasteiger partial charge >= 0.3 is 0 Å². The van der Waals surface area contributed by atoms with Crippen molar-refractivity contribution in [1.82, 2.24) is 10.3 Å². The molecule has 0 radical (unpaired) electrons. The number of hydrogen-bond acceptors (Lipinski definition) is 4. The summed E-state index contributed by atoms with van der Waals surface area (Å²) < 4.78 is 0. The molecule has 0 bridgehead atoms. The number of carbonyl (C=O) groups is 1. The lowest BCUT2D eigenvalue weighted by atomic mass is 10.2. The highest BCUT2D eigenvalue weighted by Crippen LogP contribution is 2.10. The van der Waals surface area contributed by atoms with Crippen LogP contribution < -0.4 is 16.4 Å². The predicted octanol–water partition coefficient (Wildman–Crippen LogP) is 1.35. The molecule has 4 N–H and O–H groups in total. The maximum Gasteiger partial charge on any atom is 0.221 e. The van der Waals surface area contributed by atoms with E-state index < -0.39 is 0 Å². The van der Waals surface area contributed by atoms with Crippen molar-refractivity contribution in [3.63, 3.8) is 0 Å². The van der Waals surface area contributed by atoms with E-state index in [2.05, 4.69) is 15.6 Å². The van der Waals surface area contributed by atoms with Crippen molar-refractivity contribution in [2.45, 2.75) is 26.7 Å². The number of nitrogens with two attached hydrogens (primary N) is 1. The molecule has 1 heterocycles. The quantitative estimate of drug-likeness (QED) is 0.657. The first-order valence-corrected chi connectivity index (χ1v) is 6.72. The fourth-order valence-electron chi connectivity index (χ4n) is 1.56. The second kappa shape index (κ2) is 7.68. The van der Waals surface area contributed by atoms with E-state index in [1.54, 1.807) is 6.07 Å². The highest BCUT2D eigenvalue weighted by molar-refractivity contribution is 7.80. The Kier molecular flexibility index (Phi) is 6.21. The molecular weight excluding hydrogens is 260 g/mol. The highest BCUT2D eigenvalue weighted by Gasteiger charge is 2.04. The van der Waals surface area contributed by atoms with Crippen LogP contribution in [0.4, 0.5) is 5.82 Å². The first-order valence-electron chi connectivity index (χ1n) is 6.32. The zero-order valence-electron chi connectivity index (χ0n) is 11.3. The monoisotopic (exact) mass is 280 g/mol. The molecule has 0 aromatic carbocycles. The Balaban J connectivity index is 2.49. The zero-order chi connectivity index (χ0) is 14.3. The third kappa shape index (κ3) is 5.65. The Hall–Kier alpha value is -1.69. The molecule has 0 aliphatic rings. The van der Waals surface area contributed by atoms with Crippen molar-refractivity contribution in [1.29, 1.82) is 0 Å². The van der Waals surface area contributed by atoms with Crippen molar-refractivity contribution < 1.29 is 4.79 Å². The Morgan fingerprint density at radius 1 is 1.42 bits per heavy atom. The molecule has 0 aliphatic heterocycles. The number of rotatable bonds is 7. The lowest BCUT2D eigenvalue weighted by Crippen LogP contribution is -2.26. The summed E-state index contributed by atoms with van der Waals surface area (Å²) in [5.41, 5.74) is 7.21. The van der Waals surface area contributed by atoms with Crippen molar-refractivity contribution in [2.75, 3.05) is 18.4 Å². The first-order chi connectivity index (χ1) is 9.02. The van der Waals surface area contributed by atoms with Crippen molar-refractivity contribution >= 4 is 28.9 Å². The van der Waals surface area contributed by atoms with Crippen LogP contribution in [0.25, 0.3) is 0 Å². The Bertz CT molecular complexity index is 462. The van der Waals surface area contributed by atoms with E-state index in [0.29, 0.717) is 30.3 Å². The van der Waals surface area contributed by atoms with Gasteiger partial charge in [0.1, 0.15) is 10.8 Å². The van der Waals surface area contributed by atoms with E-state index in [9.17, 15) is 4.79 Å². The van der Waals surface area contributed by atoms with Gasteiger partial charge in [0.05, 0.1) is 0 Å². The van der Waals surface area contributed by atoms with Crippen LogP contribution in [0.1, 0.15) is 31.0 Å². The van der Waals surface area contributed by atoms with Crippen LogP contribution >= 0.6 is 12.2 Å². The topological polar surface area (TPSA) is 80.0 Å². The molecule has 1 aromatic heterocycles. The van der Waals surface area contributed by atoms with Gasteiger partial charge in [-0.05, 0) is 25.5 Å². The van der Waals surface area contributed by atoms with Gasteiger partial charge in [-0.1, -0.05) is 19.1 Å². The van der Waals surface area contributed by atoms with Crippen LogP contribution in [0.2, 0.25) is 0 Å². The smallest absolute Gasteiger partial charge is 0.221 e. The van der Waals surface area contributed by atoms with E-state index >= 15 is 0 Å². The normalized spacial score (nSPS) is 10.0. The van der Waals surface area contributed by atoms with Crippen LogP contribution in [0.3, 0.4) is 0 Å². The van der Waals surface area contributed by atoms with Crippen molar-refractivity contribution in [3.8, 4) is 0 Å². The molecule has 0 fully saturated rings. The molecule has 1 amide bonds. The van der Waals surface area contributed by atoms with Gasteiger partial charge in [0, 0.05) is 30.8 Å². The van der Waals surface area contributed by atoms with E-state index in [4.69, 9.17) is 18.0 Å². The zero-order valence-corrected chi connectivity index (χ0v) is 12.1. The summed E-state index contributed by atoms with van der Waals surface area (Å²) in [4.78, 5) is 16.1. The number of nitrogens with zero attached hydrogens (tertiary/aromatic N) is 1. The minimum Gasteiger partial charge on any atom is -0.389 e. The lowest BCUT2D eigenvalue weighted by molar-refractivity contribution is -0.120. The third-order valence-electron chi connectivity index (χ3n) is 2.47. The number of anilines is 1. The Labute approximate surface area is 119 Å². The number of thiocarbonyl (C=S) groups is 1. The number of hydrogen-bond donors (Lipinski definition) is 3. The molecule has 1 aromatic rings.